The zero-order valence-electron chi connectivity index (χ0n) is 7.42. The van der Waals surface area contributed by atoms with Gasteiger partial charge in [-0.15, -0.1) is 0 Å². The molecule has 0 aromatic heterocycles. The van der Waals surface area contributed by atoms with Crippen molar-refractivity contribution in [1.82, 2.24) is 0 Å². The first-order valence-corrected chi connectivity index (χ1v) is 3.27. The molecular weight excluding hydrogens is 224 g/mol. The van der Waals surface area contributed by atoms with Gasteiger partial charge in [0.2, 0.25) is 0 Å². The molecule has 1 radical (unpaired) electrons. The average Bonchev–Trinajstić information content (AvgIpc) is 1.94. The molecule has 0 aromatic rings. The summed E-state index contributed by atoms with van der Waals surface area (Å²) >= 11 is 0. The first-order chi connectivity index (χ1) is 5.52. The molecule has 0 bridgehead atoms. The smallest absolute Gasteiger partial charge is 0.189 e. The van der Waals surface area contributed by atoms with Crippen molar-refractivity contribution in [2.75, 3.05) is 0 Å². The van der Waals surface area contributed by atoms with Gasteiger partial charge in [-0.2, -0.15) is 0 Å². The fraction of sp³-hybridized carbons (Fsp3) is 0.111. The molecule has 0 aliphatic heterocycles. The molecule has 0 saturated carbocycles. The predicted molar refractivity (Wildman–Crippen MR) is 42.5 cm³/mol. The van der Waals surface area contributed by atoms with Crippen LogP contribution in [-0.4, -0.2) is 5.97 Å². The molecule has 0 fully saturated rings. The summed E-state index contributed by atoms with van der Waals surface area (Å²) in [5.74, 6) is -1.08. The standard InChI is InChI=1S/C7H6F.C2H4O2.Zn/c1-6-2-4-7(8)5-3-6;1-2(3)4;/h2-5H,1H2;1H3,(H,3,4);/p-1. The fourth-order valence-corrected chi connectivity index (χ4v) is 0.484. The van der Waals surface area contributed by atoms with E-state index in [4.69, 9.17) is 9.90 Å². The largest absolute Gasteiger partial charge is 0.550 e. The van der Waals surface area contributed by atoms with Crippen LogP contribution in [0.15, 0.2) is 36.5 Å². The predicted octanol–water partition coefficient (Wildman–Crippen LogP) is 0.924. The van der Waals surface area contributed by atoms with Crippen molar-refractivity contribution >= 4 is 5.97 Å². The SMILES string of the molecule is C=C1C=C[C](F)C=C1.CC(=O)[O-].[Zn]. The van der Waals surface area contributed by atoms with Crippen molar-refractivity contribution in [2.45, 2.75) is 6.92 Å². The number of halogens is 1. The van der Waals surface area contributed by atoms with E-state index in [0.29, 0.717) is 0 Å². The molecule has 0 atom stereocenters. The summed E-state index contributed by atoms with van der Waals surface area (Å²) < 4.78 is 12.1. The number of allylic oxidation sites excluding steroid dienone is 5. The molecule has 0 aromatic carbocycles. The minimum Gasteiger partial charge on any atom is -0.550 e. The maximum atomic E-state index is 12.1. The molecule has 0 saturated heterocycles. The molecule has 0 unspecified atom stereocenters. The first-order valence-electron chi connectivity index (χ1n) is 3.27. The second-order valence-corrected chi connectivity index (χ2v) is 2.12. The molecule has 67 valence electrons. The van der Waals surface area contributed by atoms with E-state index < -0.39 is 5.97 Å². The summed E-state index contributed by atoms with van der Waals surface area (Å²) in [6.07, 6.45) is 5.84. The Bertz CT molecular complexity index is 214. The summed E-state index contributed by atoms with van der Waals surface area (Å²) in [5.41, 5.74) is 0.839. The monoisotopic (exact) mass is 232 g/mol. The number of aliphatic carboxylic acids is 1. The van der Waals surface area contributed by atoms with Gasteiger partial charge in [0.1, 0.15) is 0 Å². The minimum atomic E-state index is -1.08. The molecule has 4 heteroatoms. The zero-order chi connectivity index (χ0) is 9.56. The minimum absolute atomic E-state index is 0. The number of carbonyl (C=O) groups excluding carboxylic acids is 1. The Hall–Kier alpha value is -0.757. The molecular formula is C9H9FO2Zn-. The quantitative estimate of drug-likeness (QED) is 0.584. The van der Waals surface area contributed by atoms with Gasteiger partial charge >= 0.3 is 0 Å². The van der Waals surface area contributed by atoms with Crippen molar-refractivity contribution in [1.29, 1.82) is 0 Å². The van der Waals surface area contributed by atoms with Gasteiger partial charge in [0.25, 0.3) is 0 Å². The number of hydrogen-bond donors (Lipinski definition) is 0. The van der Waals surface area contributed by atoms with E-state index in [-0.39, 0.29) is 25.6 Å². The number of hydrogen-bond acceptors (Lipinski definition) is 2. The maximum Gasteiger partial charge on any atom is 0.189 e. The van der Waals surface area contributed by atoms with Crippen LogP contribution in [0.3, 0.4) is 0 Å². The van der Waals surface area contributed by atoms with Crippen LogP contribution in [-0.2, 0) is 24.3 Å². The van der Waals surface area contributed by atoms with E-state index in [0.717, 1.165) is 12.5 Å². The Morgan fingerprint density at radius 1 is 1.38 bits per heavy atom. The summed E-state index contributed by atoms with van der Waals surface area (Å²) in [4.78, 5) is 8.89. The molecule has 1 aliphatic carbocycles. The number of carbonyl (C=O) groups is 1. The number of carboxylic acid groups (broad SMARTS) is 1. The summed E-state index contributed by atoms with van der Waals surface area (Å²) in [5, 5.41) is 8.89. The van der Waals surface area contributed by atoms with E-state index in [1.165, 1.54) is 12.2 Å². The molecule has 0 amide bonds. The average molecular weight is 234 g/mol. The topological polar surface area (TPSA) is 40.1 Å². The normalized spacial score (nSPS) is 14.2. The second-order valence-electron chi connectivity index (χ2n) is 2.12. The third-order valence-corrected chi connectivity index (χ3v) is 0.913. The second kappa shape index (κ2) is 7.87. The summed E-state index contributed by atoms with van der Waals surface area (Å²) in [6.45, 7) is 4.57. The van der Waals surface area contributed by atoms with E-state index in [2.05, 4.69) is 6.58 Å². The van der Waals surface area contributed by atoms with E-state index in [1.54, 1.807) is 12.2 Å². The van der Waals surface area contributed by atoms with Gasteiger partial charge in [0.15, 0.2) is 6.17 Å². The first kappa shape index (κ1) is 14.8. The number of rotatable bonds is 0. The van der Waals surface area contributed by atoms with Crippen molar-refractivity contribution < 1.29 is 33.8 Å². The Kier molecular flexibility index (Phi) is 8.93. The van der Waals surface area contributed by atoms with Gasteiger partial charge < -0.3 is 9.90 Å². The molecule has 1 aliphatic rings. The van der Waals surface area contributed by atoms with Crippen LogP contribution in [0.25, 0.3) is 0 Å². The molecule has 0 spiro atoms. The van der Waals surface area contributed by atoms with Crippen LogP contribution in [0, 0.1) is 6.17 Å². The molecule has 2 nitrogen and oxygen atoms in total. The summed E-state index contributed by atoms with van der Waals surface area (Å²) in [6, 6.07) is 0. The fourth-order valence-electron chi connectivity index (χ4n) is 0.484. The Morgan fingerprint density at radius 2 is 1.69 bits per heavy atom. The van der Waals surface area contributed by atoms with Crippen molar-refractivity contribution in [2.24, 2.45) is 0 Å². The summed E-state index contributed by atoms with van der Waals surface area (Å²) in [7, 11) is 0. The van der Waals surface area contributed by atoms with Crippen LogP contribution in [0.2, 0.25) is 0 Å². The third-order valence-electron chi connectivity index (χ3n) is 0.913. The Balaban J connectivity index is 0. The van der Waals surface area contributed by atoms with Gasteiger partial charge in [-0.25, -0.2) is 4.39 Å². The van der Waals surface area contributed by atoms with Gasteiger partial charge in [-0.05, 0) is 24.6 Å². The van der Waals surface area contributed by atoms with Crippen molar-refractivity contribution in [3.05, 3.63) is 42.6 Å². The zero-order valence-corrected chi connectivity index (χ0v) is 10.4. The third kappa shape index (κ3) is 11.2. The Labute approximate surface area is 89.6 Å². The van der Waals surface area contributed by atoms with Crippen LogP contribution in [0.5, 0.6) is 0 Å². The van der Waals surface area contributed by atoms with Gasteiger partial charge in [0.05, 0.1) is 0 Å². The van der Waals surface area contributed by atoms with Gasteiger partial charge in [-0.3, -0.25) is 0 Å². The molecule has 1 rings (SSSR count). The van der Waals surface area contributed by atoms with Crippen LogP contribution in [0.1, 0.15) is 6.92 Å². The van der Waals surface area contributed by atoms with Crippen LogP contribution < -0.4 is 5.11 Å². The van der Waals surface area contributed by atoms with E-state index >= 15 is 0 Å². The Morgan fingerprint density at radius 3 is 1.92 bits per heavy atom. The molecule has 13 heavy (non-hydrogen) atoms. The van der Waals surface area contributed by atoms with Gasteiger partial charge in [-0.1, -0.05) is 18.7 Å². The van der Waals surface area contributed by atoms with Crippen LogP contribution in [0.4, 0.5) is 4.39 Å². The molecule has 0 heterocycles. The maximum absolute atomic E-state index is 12.1. The number of carboxylic acids is 1. The van der Waals surface area contributed by atoms with Crippen LogP contribution >= 0.6 is 0 Å². The van der Waals surface area contributed by atoms with Crippen molar-refractivity contribution in [3.8, 4) is 0 Å². The molecule has 0 N–H and O–H groups in total. The van der Waals surface area contributed by atoms with E-state index in [1.807, 2.05) is 0 Å². The van der Waals surface area contributed by atoms with Crippen molar-refractivity contribution in [3.63, 3.8) is 0 Å². The van der Waals surface area contributed by atoms with E-state index in [9.17, 15) is 4.39 Å². The van der Waals surface area contributed by atoms with Gasteiger partial charge in [0, 0.05) is 25.4 Å².